The third-order valence-corrected chi connectivity index (χ3v) is 4.51. The minimum absolute atomic E-state index is 0.0358. The maximum absolute atomic E-state index is 11.6. The van der Waals surface area contributed by atoms with Crippen molar-refractivity contribution in [3.63, 3.8) is 0 Å². The van der Waals surface area contributed by atoms with Gasteiger partial charge in [-0.15, -0.1) is 0 Å². The number of ether oxygens (including phenoxy) is 2. The smallest absolute Gasteiger partial charge is 0.336 e. The quantitative estimate of drug-likeness (QED) is 0.250. The van der Waals surface area contributed by atoms with Crippen molar-refractivity contribution in [2.45, 2.75) is 43.2 Å². The number of carboxylic acids is 2. The van der Waals surface area contributed by atoms with Gasteiger partial charge >= 0.3 is 11.9 Å². The summed E-state index contributed by atoms with van der Waals surface area (Å²) in [6.07, 6.45) is -7.94. The molecule has 11 nitrogen and oxygen atoms in total. The summed E-state index contributed by atoms with van der Waals surface area (Å²) in [6, 6.07) is 2.88. The Morgan fingerprint density at radius 1 is 1.18 bits per heavy atom. The molecule has 6 atom stereocenters. The van der Waals surface area contributed by atoms with E-state index in [9.17, 15) is 40.2 Å². The van der Waals surface area contributed by atoms with Crippen LogP contribution in [0, 0.1) is 0 Å². The van der Waals surface area contributed by atoms with Gasteiger partial charge in [0.15, 0.2) is 0 Å². The largest absolute Gasteiger partial charge is 0.480 e. The summed E-state index contributed by atoms with van der Waals surface area (Å²) in [7, 11) is 1.40. The van der Waals surface area contributed by atoms with E-state index < -0.39 is 55.3 Å². The number of likely N-dealkylation sites (N-methyl/N-ethyl adjacent to an activating group) is 1. The third kappa shape index (κ3) is 4.58. The Morgan fingerprint density at radius 3 is 2.39 bits per heavy atom. The molecule has 1 aliphatic rings. The standard InChI is InChI=1S/C17H23NO10/c1-18-9(16(25)26)5-8-7(15(23)24)3-2-4-10(8)27-17-14(22)13(21)12(20)11(6-19)28-17/h2-4,9,11-14,17-22H,5-6H2,1H3,(H,23,24)(H,25,26)/t9-,11+,12+,13-,14-,17?/m0/s1. The maximum Gasteiger partial charge on any atom is 0.336 e. The summed E-state index contributed by atoms with van der Waals surface area (Å²) in [5.41, 5.74) is -0.169. The fourth-order valence-corrected chi connectivity index (χ4v) is 2.89. The Labute approximate surface area is 159 Å². The van der Waals surface area contributed by atoms with E-state index in [2.05, 4.69) is 5.32 Å². The van der Waals surface area contributed by atoms with Crippen molar-refractivity contribution in [3.8, 4) is 5.75 Å². The first kappa shape index (κ1) is 22.0. The SMILES string of the molecule is CN[C@@H](Cc1c(OC2O[C@H](CO)[C@@H](O)[C@H](O)[C@@H]2O)cccc1C(=O)O)C(=O)O. The van der Waals surface area contributed by atoms with Crippen LogP contribution in [0.1, 0.15) is 15.9 Å². The van der Waals surface area contributed by atoms with Gasteiger partial charge in [-0.2, -0.15) is 0 Å². The summed E-state index contributed by atoms with van der Waals surface area (Å²) >= 11 is 0. The second-order valence-electron chi connectivity index (χ2n) is 6.29. The van der Waals surface area contributed by atoms with Crippen molar-refractivity contribution >= 4 is 11.9 Å². The molecule has 156 valence electrons. The van der Waals surface area contributed by atoms with Crippen LogP contribution in [0.5, 0.6) is 5.75 Å². The fraction of sp³-hybridized carbons (Fsp3) is 0.529. The molecule has 0 amide bonds. The molecule has 1 saturated heterocycles. The van der Waals surface area contributed by atoms with Gasteiger partial charge in [0.2, 0.25) is 6.29 Å². The summed E-state index contributed by atoms with van der Waals surface area (Å²) < 4.78 is 10.8. The lowest BCUT2D eigenvalue weighted by Crippen LogP contribution is -2.60. The highest BCUT2D eigenvalue weighted by atomic mass is 16.7. The highest BCUT2D eigenvalue weighted by Gasteiger charge is 2.45. The number of aromatic carboxylic acids is 1. The number of nitrogens with one attached hydrogen (secondary N) is 1. The molecule has 28 heavy (non-hydrogen) atoms. The predicted molar refractivity (Wildman–Crippen MR) is 92.0 cm³/mol. The maximum atomic E-state index is 11.6. The minimum atomic E-state index is -1.70. The van der Waals surface area contributed by atoms with E-state index in [-0.39, 0.29) is 23.3 Å². The minimum Gasteiger partial charge on any atom is -0.480 e. The van der Waals surface area contributed by atoms with Crippen LogP contribution < -0.4 is 10.1 Å². The van der Waals surface area contributed by atoms with E-state index in [0.29, 0.717) is 0 Å². The van der Waals surface area contributed by atoms with Crippen molar-refractivity contribution in [1.82, 2.24) is 5.32 Å². The van der Waals surface area contributed by atoms with Gasteiger partial charge in [0.05, 0.1) is 12.2 Å². The van der Waals surface area contributed by atoms with Crippen molar-refractivity contribution in [2.75, 3.05) is 13.7 Å². The van der Waals surface area contributed by atoms with Crippen LogP contribution in [0.3, 0.4) is 0 Å². The predicted octanol–water partition coefficient (Wildman–Crippen LogP) is -2.22. The molecule has 1 aromatic rings. The van der Waals surface area contributed by atoms with E-state index in [1.165, 1.54) is 25.2 Å². The van der Waals surface area contributed by atoms with E-state index in [0.717, 1.165) is 0 Å². The molecule has 0 aliphatic carbocycles. The van der Waals surface area contributed by atoms with Gasteiger partial charge in [-0.25, -0.2) is 4.79 Å². The zero-order valence-electron chi connectivity index (χ0n) is 14.9. The third-order valence-electron chi connectivity index (χ3n) is 4.51. The molecule has 0 bridgehead atoms. The molecule has 2 rings (SSSR count). The number of aliphatic hydroxyl groups excluding tert-OH is 4. The molecule has 7 N–H and O–H groups in total. The highest BCUT2D eigenvalue weighted by Crippen LogP contribution is 2.29. The topological polar surface area (TPSA) is 186 Å². The summed E-state index contributed by atoms with van der Waals surface area (Å²) in [5.74, 6) is -2.60. The van der Waals surface area contributed by atoms with E-state index >= 15 is 0 Å². The van der Waals surface area contributed by atoms with Gasteiger partial charge < -0.3 is 45.4 Å². The zero-order chi connectivity index (χ0) is 21.0. The molecular weight excluding hydrogens is 378 g/mol. The second kappa shape index (κ2) is 9.28. The normalized spacial score (nSPS) is 28.5. The van der Waals surface area contributed by atoms with E-state index in [1.807, 2.05) is 0 Å². The Balaban J connectivity index is 2.38. The van der Waals surface area contributed by atoms with Gasteiger partial charge in [0.1, 0.15) is 36.2 Å². The molecule has 0 radical (unpaired) electrons. The molecule has 1 aromatic carbocycles. The van der Waals surface area contributed by atoms with Crippen LogP contribution >= 0.6 is 0 Å². The first-order valence-corrected chi connectivity index (χ1v) is 8.43. The zero-order valence-corrected chi connectivity index (χ0v) is 14.9. The first-order chi connectivity index (χ1) is 13.2. The van der Waals surface area contributed by atoms with Crippen molar-refractivity contribution in [1.29, 1.82) is 0 Å². The van der Waals surface area contributed by atoms with Crippen LogP contribution in [0.4, 0.5) is 0 Å². The molecule has 11 heteroatoms. The van der Waals surface area contributed by atoms with Crippen LogP contribution in [-0.2, 0) is 16.0 Å². The Morgan fingerprint density at radius 2 is 1.86 bits per heavy atom. The number of benzene rings is 1. The number of carboxylic acid groups (broad SMARTS) is 2. The van der Waals surface area contributed by atoms with Crippen molar-refractivity contribution in [2.24, 2.45) is 0 Å². The average molecular weight is 401 g/mol. The Bertz CT molecular complexity index is 709. The summed E-state index contributed by atoms with van der Waals surface area (Å²) in [4.78, 5) is 22.9. The average Bonchev–Trinajstić information content (AvgIpc) is 2.66. The summed E-state index contributed by atoms with van der Waals surface area (Å²) in [6.45, 7) is -0.659. The Hall–Kier alpha value is -2.28. The molecule has 1 heterocycles. The summed E-state index contributed by atoms with van der Waals surface area (Å²) in [5, 5.41) is 60.3. The molecule has 1 aliphatic heterocycles. The first-order valence-electron chi connectivity index (χ1n) is 8.43. The lowest BCUT2D eigenvalue weighted by molar-refractivity contribution is -0.277. The van der Waals surface area contributed by atoms with E-state index in [4.69, 9.17) is 9.47 Å². The van der Waals surface area contributed by atoms with Crippen LogP contribution in [0.25, 0.3) is 0 Å². The van der Waals surface area contributed by atoms with Gasteiger partial charge in [0, 0.05) is 12.0 Å². The lowest BCUT2D eigenvalue weighted by Gasteiger charge is -2.39. The monoisotopic (exact) mass is 401 g/mol. The number of hydrogen-bond donors (Lipinski definition) is 7. The van der Waals surface area contributed by atoms with E-state index in [1.54, 1.807) is 0 Å². The number of aliphatic carboxylic acids is 1. The van der Waals surface area contributed by atoms with Gasteiger partial charge in [-0.1, -0.05) is 6.07 Å². The van der Waals surface area contributed by atoms with Crippen LogP contribution in [-0.4, -0.2) is 93.0 Å². The Kier molecular flexibility index (Phi) is 7.29. The van der Waals surface area contributed by atoms with Gasteiger partial charge in [-0.3, -0.25) is 4.79 Å². The van der Waals surface area contributed by atoms with Crippen molar-refractivity contribution in [3.05, 3.63) is 29.3 Å². The molecule has 1 fully saturated rings. The highest BCUT2D eigenvalue weighted by molar-refractivity contribution is 5.90. The van der Waals surface area contributed by atoms with Gasteiger partial charge in [0.25, 0.3) is 0 Å². The molecular formula is C17H23NO10. The number of hydrogen-bond acceptors (Lipinski definition) is 9. The number of carbonyl (C=O) groups is 2. The number of rotatable bonds is 8. The lowest BCUT2D eigenvalue weighted by atomic mass is 9.98. The van der Waals surface area contributed by atoms with Gasteiger partial charge in [-0.05, 0) is 19.2 Å². The van der Waals surface area contributed by atoms with Crippen LogP contribution in [0.2, 0.25) is 0 Å². The number of aliphatic hydroxyl groups is 4. The van der Waals surface area contributed by atoms with Crippen molar-refractivity contribution < 1.29 is 49.7 Å². The molecule has 0 aromatic heterocycles. The molecule has 1 unspecified atom stereocenters. The van der Waals surface area contributed by atoms with Crippen LogP contribution in [0.15, 0.2) is 18.2 Å². The second-order valence-corrected chi connectivity index (χ2v) is 6.29. The molecule has 0 spiro atoms. The fourth-order valence-electron chi connectivity index (χ4n) is 2.89. The molecule has 0 saturated carbocycles.